The van der Waals surface area contributed by atoms with E-state index in [1.165, 1.54) is 22.4 Å². The SMILES string of the molecule is CCN(CC)c1nc(-c2cccc(C)c2)nc(N2CCN(c3ccc(CI)c(CI)c3)CC2)n1. The number of hydrogen-bond donors (Lipinski definition) is 0. The fourth-order valence-electron chi connectivity index (χ4n) is 4.28. The molecule has 2 heterocycles. The molecule has 0 atom stereocenters. The Morgan fingerprint density at radius 1 is 0.824 bits per heavy atom. The number of nitrogens with zero attached hydrogens (tertiary/aromatic N) is 6. The lowest BCUT2D eigenvalue weighted by molar-refractivity contribution is 0.637. The van der Waals surface area contributed by atoms with Crippen LogP contribution >= 0.6 is 45.2 Å². The van der Waals surface area contributed by atoms with Crippen LogP contribution in [0.3, 0.4) is 0 Å². The fourth-order valence-corrected chi connectivity index (χ4v) is 5.74. The van der Waals surface area contributed by atoms with Gasteiger partial charge in [0.2, 0.25) is 11.9 Å². The zero-order chi connectivity index (χ0) is 24.1. The van der Waals surface area contributed by atoms with E-state index in [0.717, 1.165) is 71.4 Å². The third-order valence-electron chi connectivity index (χ3n) is 6.34. The largest absolute Gasteiger partial charge is 0.368 e. The highest BCUT2D eigenvalue weighted by atomic mass is 127. The summed E-state index contributed by atoms with van der Waals surface area (Å²) in [6.45, 7) is 11.8. The van der Waals surface area contributed by atoms with Crippen LogP contribution in [0.2, 0.25) is 0 Å². The molecule has 0 unspecified atom stereocenters. The highest BCUT2D eigenvalue weighted by molar-refractivity contribution is 14.1. The van der Waals surface area contributed by atoms with E-state index in [1.807, 2.05) is 0 Å². The molecular weight excluding hydrogens is 650 g/mol. The van der Waals surface area contributed by atoms with E-state index in [9.17, 15) is 0 Å². The van der Waals surface area contributed by atoms with Gasteiger partial charge < -0.3 is 14.7 Å². The average molecular weight is 682 g/mol. The van der Waals surface area contributed by atoms with Gasteiger partial charge >= 0.3 is 0 Å². The quantitative estimate of drug-likeness (QED) is 0.218. The Hall–Kier alpha value is -1.69. The Labute approximate surface area is 230 Å². The van der Waals surface area contributed by atoms with Gasteiger partial charge in [0.25, 0.3) is 0 Å². The van der Waals surface area contributed by atoms with Crippen LogP contribution < -0.4 is 14.7 Å². The Morgan fingerprint density at radius 2 is 1.53 bits per heavy atom. The van der Waals surface area contributed by atoms with Crippen molar-refractivity contribution in [2.75, 3.05) is 54.0 Å². The molecule has 0 bridgehead atoms. The summed E-state index contributed by atoms with van der Waals surface area (Å²) in [6, 6.07) is 15.3. The van der Waals surface area contributed by atoms with E-state index in [-0.39, 0.29) is 0 Å². The highest BCUT2D eigenvalue weighted by Crippen LogP contribution is 2.27. The molecular formula is C26H32I2N6. The summed E-state index contributed by atoms with van der Waals surface area (Å²) in [5, 5.41) is 0. The average Bonchev–Trinajstić information content (AvgIpc) is 2.89. The summed E-state index contributed by atoms with van der Waals surface area (Å²) in [6.07, 6.45) is 0. The van der Waals surface area contributed by atoms with Crippen molar-refractivity contribution in [1.29, 1.82) is 0 Å². The van der Waals surface area contributed by atoms with Crippen LogP contribution in [0.25, 0.3) is 11.4 Å². The first kappa shape index (κ1) is 25.4. The monoisotopic (exact) mass is 682 g/mol. The molecule has 0 radical (unpaired) electrons. The van der Waals surface area contributed by atoms with Crippen molar-refractivity contribution < 1.29 is 0 Å². The molecule has 0 aliphatic carbocycles. The number of aromatic nitrogens is 3. The van der Waals surface area contributed by atoms with Crippen molar-refractivity contribution in [3.63, 3.8) is 0 Å². The molecule has 34 heavy (non-hydrogen) atoms. The zero-order valence-corrected chi connectivity index (χ0v) is 24.5. The lowest BCUT2D eigenvalue weighted by Gasteiger charge is -2.36. The Morgan fingerprint density at radius 3 is 2.18 bits per heavy atom. The number of rotatable bonds is 8. The number of piperazine rings is 1. The van der Waals surface area contributed by atoms with Crippen LogP contribution in [0.15, 0.2) is 42.5 Å². The number of alkyl halides is 2. The summed E-state index contributed by atoms with van der Waals surface area (Å²) < 4.78 is 2.10. The molecule has 4 rings (SSSR count). The highest BCUT2D eigenvalue weighted by Gasteiger charge is 2.22. The summed E-state index contributed by atoms with van der Waals surface area (Å²) in [5.41, 5.74) is 6.45. The maximum Gasteiger partial charge on any atom is 0.230 e. The molecule has 1 aliphatic rings. The predicted molar refractivity (Wildman–Crippen MR) is 160 cm³/mol. The number of anilines is 3. The minimum Gasteiger partial charge on any atom is -0.368 e. The van der Waals surface area contributed by atoms with E-state index >= 15 is 0 Å². The third kappa shape index (κ3) is 5.75. The molecule has 6 nitrogen and oxygen atoms in total. The molecule has 0 spiro atoms. The first-order chi connectivity index (χ1) is 16.6. The molecule has 1 aromatic heterocycles. The third-order valence-corrected chi connectivity index (χ3v) is 7.98. The van der Waals surface area contributed by atoms with Gasteiger partial charge in [-0.3, -0.25) is 0 Å². The lowest BCUT2D eigenvalue weighted by atomic mass is 10.1. The van der Waals surface area contributed by atoms with E-state index in [1.54, 1.807) is 0 Å². The summed E-state index contributed by atoms with van der Waals surface area (Å²) >= 11 is 4.92. The molecule has 1 saturated heterocycles. The molecule has 0 saturated carbocycles. The number of halogens is 2. The van der Waals surface area contributed by atoms with Crippen LogP contribution in [-0.2, 0) is 8.86 Å². The van der Waals surface area contributed by atoms with E-state index in [0.29, 0.717) is 0 Å². The van der Waals surface area contributed by atoms with Crippen molar-refractivity contribution >= 4 is 62.8 Å². The zero-order valence-electron chi connectivity index (χ0n) is 20.1. The summed E-state index contributed by atoms with van der Waals surface area (Å²) in [4.78, 5) is 21.7. The molecule has 0 amide bonds. The predicted octanol–water partition coefficient (Wildman–Crippen LogP) is 5.89. The van der Waals surface area contributed by atoms with Gasteiger partial charge in [-0.05, 0) is 50.1 Å². The number of aryl methyl sites for hydroxylation is 1. The summed E-state index contributed by atoms with van der Waals surface area (Å²) in [5.74, 6) is 2.29. The molecule has 3 aromatic rings. The normalized spacial score (nSPS) is 13.9. The maximum absolute atomic E-state index is 4.92. The van der Waals surface area contributed by atoms with Crippen molar-refractivity contribution in [2.24, 2.45) is 0 Å². The van der Waals surface area contributed by atoms with E-state index < -0.39 is 0 Å². The lowest BCUT2D eigenvalue weighted by Crippen LogP contribution is -2.47. The number of benzene rings is 2. The first-order valence-corrected chi connectivity index (χ1v) is 14.9. The van der Waals surface area contributed by atoms with E-state index in [4.69, 9.17) is 15.0 Å². The van der Waals surface area contributed by atoms with Crippen LogP contribution in [0.1, 0.15) is 30.5 Å². The van der Waals surface area contributed by atoms with Crippen molar-refractivity contribution in [3.8, 4) is 11.4 Å². The van der Waals surface area contributed by atoms with Crippen LogP contribution in [0, 0.1) is 6.92 Å². The van der Waals surface area contributed by atoms with Crippen LogP contribution in [-0.4, -0.2) is 54.2 Å². The summed E-state index contributed by atoms with van der Waals surface area (Å²) in [7, 11) is 0. The Bertz CT molecular complexity index is 1110. The van der Waals surface area contributed by atoms with Crippen molar-refractivity contribution in [3.05, 3.63) is 59.2 Å². The van der Waals surface area contributed by atoms with E-state index in [2.05, 4.69) is 123 Å². The second-order valence-corrected chi connectivity index (χ2v) is 10.0. The van der Waals surface area contributed by atoms with Gasteiger partial charge in [-0.2, -0.15) is 15.0 Å². The second-order valence-electron chi connectivity index (χ2n) is 8.50. The standard InChI is InChI=1S/C26H32I2N6/c1-4-32(5-2)25-29-24(20-8-6-7-19(3)15-20)30-26(31-25)34-13-11-33(12-14-34)23-10-9-21(17-27)22(16-23)18-28/h6-10,15-16H,4-5,11-14,17-18H2,1-3H3. The van der Waals surface area contributed by atoms with Gasteiger partial charge in [0.15, 0.2) is 5.82 Å². The smallest absolute Gasteiger partial charge is 0.230 e. The van der Waals surface area contributed by atoms with Gasteiger partial charge in [-0.15, -0.1) is 0 Å². The van der Waals surface area contributed by atoms with Crippen LogP contribution in [0.5, 0.6) is 0 Å². The fraction of sp³-hybridized carbons (Fsp3) is 0.423. The maximum atomic E-state index is 4.92. The molecule has 2 aromatic carbocycles. The second kappa shape index (κ2) is 11.8. The topological polar surface area (TPSA) is 48.4 Å². The van der Waals surface area contributed by atoms with Gasteiger partial charge in [-0.25, -0.2) is 0 Å². The molecule has 8 heteroatoms. The Balaban J connectivity index is 1.58. The Kier molecular flexibility index (Phi) is 8.84. The molecule has 1 aliphatic heterocycles. The first-order valence-electron chi connectivity index (χ1n) is 11.9. The van der Waals surface area contributed by atoms with Gasteiger partial charge in [0, 0.05) is 59.4 Å². The van der Waals surface area contributed by atoms with Crippen molar-refractivity contribution in [1.82, 2.24) is 15.0 Å². The van der Waals surface area contributed by atoms with Gasteiger partial charge in [0.1, 0.15) is 0 Å². The number of hydrogen-bond acceptors (Lipinski definition) is 6. The molecule has 1 fully saturated rings. The van der Waals surface area contributed by atoms with Gasteiger partial charge in [0.05, 0.1) is 0 Å². The molecule has 0 N–H and O–H groups in total. The van der Waals surface area contributed by atoms with Gasteiger partial charge in [-0.1, -0.05) is 75.0 Å². The van der Waals surface area contributed by atoms with Crippen molar-refractivity contribution in [2.45, 2.75) is 29.6 Å². The minimum absolute atomic E-state index is 0.749. The van der Waals surface area contributed by atoms with Crippen LogP contribution in [0.4, 0.5) is 17.6 Å². The molecule has 180 valence electrons. The minimum atomic E-state index is 0.749.